The van der Waals surface area contributed by atoms with E-state index in [1.165, 1.54) is 0 Å². The van der Waals surface area contributed by atoms with Crippen LogP contribution in [0.2, 0.25) is 0 Å². The highest BCUT2D eigenvalue weighted by atomic mass is 16.5. The third-order valence-corrected chi connectivity index (χ3v) is 3.91. The number of amides is 3. The van der Waals surface area contributed by atoms with Gasteiger partial charge >= 0.3 is 6.03 Å². The normalized spacial score (nSPS) is 14.4. The zero-order valence-electron chi connectivity index (χ0n) is 14.6. The van der Waals surface area contributed by atoms with E-state index in [4.69, 9.17) is 4.74 Å². The van der Waals surface area contributed by atoms with Gasteiger partial charge in [-0.1, -0.05) is 12.1 Å². The van der Waals surface area contributed by atoms with E-state index < -0.39 is 0 Å². The number of hydrogen-bond acceptors (Lipinski definition) is 4. The van der Waals surface area contributed by atoms with Crippen LogP contribution in [0, 0.1) is 0 Å². The summed E-state index contributed by atoms with van der Waals surface area (Å²) >= 11 is 0. The van der Waals surface area contributed by atoms with E-state index in [0.717, 1.165) is 18.7 Å². The van der Waals surface area contributed by atoms with Crippen molar-refractivity contribution in [1.82, 2.24) is 15.1 Å². The predicted octanol–water partition coefficient (Wildman–Crippen LogP) is 1.01. The number of nitrogens with one attached hydrogen (secondary N) is 1. The van der Waals surface area contributed by atoms with Crippen LogP contribution in [0.25, 0.3) is 0 Å². The third kappa shape index (κ3) is 4.61. The Balaban J connectivity index is 1.86. The van der Waals surface area contributed by atoms with Crippen LogP contribution in [0.3, 0.4) is 0 Å². The lowest BCUT2D eigenvalue weighted by Crippen LogP contribution is -2.40. The van der Waals surface area contributed by atoms with Crippen LogP contribution in [0.5, 0.6) is 5.75 Å². The van der Waals surface area contributed by atoms with Crippen LogP contribution in [0.1, 0.15) is 6.42 Å². The highest BCUT2D eigenvalue weighted by molar-refractivity contribution is 5.97. The monoisotopic (exact) mass is 334 g/mol. The Kier molecular flexibility index (Phi) is 6.43. The quantitative estimate of drug-likeness (QED) is 0.721. The van der Waals surface area contributed by atoms with Crippen LogP contribution in [0.15, 0.2) is 24.3 Å². The molecule has 0 saturated carbocycles. The molecular weight excluding hydrogens is 308 g/mol. The average Bonchev–Trinajstić information content (AvgIpc) is 2.92. The van der Waals surface area contributed by atoms with Gasteiger partial charge in [-0.05, 0) is 39.2 Å². The Morgan fingerprint density at radius 3 is 2.75 bits per heavy atom. The van der Waals surface area contributed by atoms with Crippen molar-refractivity contribution in [2.75, 3.05) is 58.8 Å². The summed E-state index contributed by atoms with van der Waals surface area (Å²) < 4.78 is 5.31. The van der Waals surface area contributed by atoms with Gasteiger partial charge in [-0.25, -0.2) is 4.79 Å². The first-order valence-corrected chi connectivity index (χ1v) is 8.14. The molecule has 0 radical (unpaired) electrons. The van der Waals surface area contributed by atoms with Crippen LogP contribution in [-0.2, 0) is 4.79 Å². The summed E-state index contributed by atoms with van der Waals surface area (Å²) in [5.41, 5.74) is 0.735. The Morgan fingerprint density at radius 1 is 1.29 bits per heavy atom. The first-order valence-electron chi connectivity index (χ1n) is 8.14. The standard InChI is InChI=1S/C17H26N4O3/c1-19(2)10-6-9-18-16(22)13-20-11-12-21(17(20)23)14-7-4-5-8-15(14)24-3/h4-5,7-8H,6,9-13H2,1-3H3,(H,18,22). The van der Waals surface area contributed by atoms with Crippen LogP contribution in [0.4, 0.5) is 10.5 Å². The molecule has 0 atom stereocenters. The van der Waals surface area contributed by atoms with Crippen molar-refractivity contribution in [3.63, 3.8) is 0 Å². The van der Waals surface area contributed by atoms with Crippen LogP contribution >= 0.6 is 0 Å². The average molecular weight is 334 g/mol. The van der Waals surface area contributed by atoms with E-state index >= 15 is 0 Å². The Morgan fingerprint density at radius 2 is 2.04 bits per heavy atom. The number of ether oxygens (including phenoxy) is 1. The van der Waals surface area contributed by atoms with Crippen molar-refractivity contribution in [3.8, 4) is 5.75 Å². The maximum atomic E-state index is 12.5. The lowest BCUT2D eigenvalue weighted by molar-refractivity contribution is -0.121. The molecule has 0 bridgehead atoms. The van der Waals surface area contributed by atoms with Gasteiger partial charge in [0.1, 0.15) is 12.3 Å². The Labute approximate surface area is 143 Å². The van der Waals surface area contributed by atoms with Gasteiger partial charge < -0.3 is 19.9 Å². The molecule has 1 aromatic carbocycles. The molecule has 24 heavy (non-hydrogen) atoms. The molecule has 1 aliphatic heterocycles. The van der Waals surface area contributed by atoms with Crippen molar-refractivity contribution in [3.05, 3.63) is 24.3 Å². The van der Waals surface area contributed by atoms with Gasteiger partial charge in [-0.15, -0.1) is 0 Å². The third-order valence-electron chi connectivity index (χ3n) is 3.91. The molecule has 132 valence electrons. The largest absolute Gasteiger partial charge is 0.495 e. The minimum atomic E-state index is -0.164. The van der Waals surface area contributed by atoms with Gasteiger partial charge in [0.25, 0.3) is 0 Å². The number of carbonyl (C=O) groups is 2. The summed E-state index contributed by atoms with van der Waals surface area (Å²) in [6.45, 7) is 2.71. The minimum absolute atomic E-state index is 0.0897. The van der Waals surface area contributed by atoms with E-state index in [1.807, 2.05) is 38.4 Å². The van der Waals surface area contributed by atoms with Gasteiger partial charge in [-0.2, -0.15) is 0 Å². The molecule has 0 unspecified atom stereocenters. The van der Waals surface area contributed by atoms with Crippen molar-refractivity contribution < 1.29 is 14.3 Å². The molecule has 7 heteroatoms. The van der Waals surface area contributed by atoms with E-state index in [-0.39, 0.29) is 18.5 Å². The number of anilines is 1. The maximum absolute atomic E-state index is 12.5. The molecule has 1 aliphatic rings. The van der Waals surface area contributed by atoms with Gasteiger partial charge in [0.15, 0.2) is 0 Å². The molecule has 1 heterocycles. The van der Waals surface area contributed by atoms with Crippen molar-refractivity contribution in [1.29, 1.82) is 0 Å². The highest BCUT2D eigenvalue weighted by Gasteiger charge is 2.32. The SMILES string of the molecule is COc1ccccc1N1CCN(CC(=O)NCCCN(C)C)C1=O. The summed E-state index contributed by atoms with van der Waals surface area (Å²) in [4.78, 5) is 29.8. The smallest absolute Gasteiger partial charge is 0.325 e. The van der Waals surface area contributed by atoms with Crippen molar-refractivity contribution >= 4 is 17.6 Å². The first kappa shape index (κ1) is 18.1. The van der Waals surface area contributed by atoms with Crippen LogP contribution < -0.4 is 15.0 Å². The number of carbonyl (C=O) groups excluding carboxylic acids is 2. The summed E-state index contributed by atoms with van der Waals surface area (Å²) in [6.07, 6.45) is 0.889. The van der Waals surface area contributed by atoms with E-state index in [2.05, 4.69) is 10.2 Å². The molecule has 0 spiro atoms. The van der Waals surface area contributed by atoms with E-state index in [1.54, 1.807) is 16.9 Å². The minimum Gasteiger partial charge on any atom is -0.495 e. The summed E-state index contributed by atoms with van der Waals surface area (Å²) in [5, 5.41) is 2.86. The zero-order chi connectivity index (χ0) is 17.5. The second-order valence-electron chi connectivity index (χ2n) is 6.03. The molecular formula is C17H26N4O3. The number of benzene rings is 1. The second-order valence-corrected chi connectivity index (χ2v) is 6.03. The number of urea groups is 1. The lowest BCUT2D eigenvalue weighted by Gasteiger charge is -2.20. The number of para-hydroxylation sites is 2. The number of methoxy groups -OCH3 is 1. The fraction of sp³-hybridized carbons (Fsp3) is 0.529. The molecule has 1 fully saturated rings. The summed E-state index contributed by atoms with van der Waals surface area (Å²) in [6, 6.07) is 7.24. The van der Waals surface area contributed by atoms with Crippen LogP contribution in [-0.4, -0.2) is 75.7 Å². The molecule has 0 aromatic heterocycles. The van der Waals surface area contributed by atoms with Gasteiger partial charge in [0.2, 0.25) is 5.91 Å². The predicted molar refractivity (Wildman–Crippen MR) is 93.5 cm³/mol. The fourth-order valence-corrected chi connectivity index (χ4v) is 2.66. The summed E-state index contributed by atoms with van der Waals surface area (Å²) in [5.74, 6) is 0.532. The molecule has 7 nitrogen and oxygen atoms in total. The topological polar surface area (TPSA) is 65.1 Å². The summed E-state index contributed by atoms with van der Waals surface area (Å²) in [7, 11) is 5.58. The Bertz CT molecular complexity index is 577. The number of nitrogens with zero attached hydrogens (tertiary/aromatic N) is 3. The molecule has 2 rings (SSSR count). The van der Waals surface area contributed by atoms with E-state index in [0.29, 0.717) is 25.4 Å². The fourth-order valence-electron chi connectivity index (χ4n) is 2.66. The van der Waals surface area contributed by atoms with Gasteiger partial charge in [0.05, 0.1) is 12.8 Å². The molecule has 0 aliphatic carbocycles. The van der Waals surface area contributed by atoms with Crippen molar-refractivity contribution in [2.45, 2.75) is 6.42 Å². The maximum Gasteiger partial charge on any atom is 0.325 e. The molecule has 1 aromatic rings. The van der Waals surface area contributed by atoms with Gasteiger partial charge in [0, 0.05) is 19.6 Å². The number of hydrogen-bond donors (Lipinski definition) is 1. The number of rotatable bonds is 8. The zero-order valence-corrected chi connectivity index (χ0v) is 14.6. The highest BCUT2D eigenvalue weighted by Crippen LogP contribution is 2.30. The Hall–Kier alpha value is -2.28. The molecule has 3 amide bonds. The van der Waals surface area contributed by atoms with Crippen molar-refractivity contribution in [2.24, 2.45) is 0 Å². The molecule has 1 saturated heterocycles. The van der Waals surface area contributed by atoms with Gasteiger partial charge in [-0.3, -0.25) is 9.69 Å². The lowest BCUT2D eigenvalue weighted by atomic mass is 10.2. The second kappa shape index (κ2) is 8.54. The molecule has 1 N–H and O–H groups in total. The van der Waals surface area contributed by atoms with E-state index in [9.17, 15) is 9.59 Å². The first-order chi connectivity index (χ1) is 11.5.